The molecule has 1 aliphatic rings. The van der Waals surface area contributed by atoms with Crippen LogP contribution in [0.2, 0.25) is 0 Å². The number of hydrogen-bond donors (Lipinski definition) is 1. The van der Waals surface area contributed by atoms with Gasteiger partial charge in [-0.25, -0.2) is 0 Å². The maximum Gasteiger partial charge on any atom is 0.222 e. The van der Waals surface area contributed by atoms with Crippen molar-refractivity contribution in [2.45, 2.75) is 52.4 Å². The molecular formula is C14H29ClN2O. The van der Waals surface area contributed by atoms with Gasteiger partial charge < -0.3 is 10.2 Å². The highest BCUT2D eigenvalue weighted by atomic mass is 35.5. The van der Waals surface area contributed by atoms with Gasteiger partial charge in [0.05, 0.1) is 0 Å². The summed E-state index contributed by atoms with van der Waals surface area (Å²) < 4.78 is 0. The molecule has 0 unspecified atom stereocenters. The number of hydrogen-bond acceptors (Lipinski definition) is 2. The van der Waals surface area contributed by atoms with Crippen molar-refractivity contribution in [2.24, 2.45) is 5.92 Å². The van der Waals surface area contributed by atoms with Crippen molar-refractivity contribution in [3.05, 3.63) is 0 Å². The van der Waals surface area contributed by atoms with E-state index in [0.29, 0.717) is 0 Å². The van der Waals surface area contributed by atoms with Crippen LogP contribution < -0.4 is 5.32 Å². The number of carbonyl (C=O) groups is 1. The molecule has 0 bridgehead atoms. The lowest BCUT2D eigenvalue weighted by molar-refractivity contribution is -0.123. The minimum atomic E-state index is 0. The first-order valence-corrected chi connectivity index (χ1v) is 7.20. The number of nitrogens with one attached hydrogen (secondary N) is 1. The summed E-state index contributed by atoms with van der Waals surface area (Å²) in [5.74, 6) is 0.296. The Morgan fingerprint density at radius 3 is 2.39 bits per heavy atom. The zero-order chi connectivity index (χ0) is 12.5. The minimum Gasteiger partial charge on any atom is -0.356 e. The van der Waals surface area contributed by atoms with Gasteiger partial charge in [-0.2, -0.15) is 0 Å². The second-order valence-corrected chi connectivity index (χ2v) is 5.41. The minimum absolute atomic E-state index is 0. The molecule has 0 spiro atoms. The normalized spacial score (nSPS) is 16.4. The van der Waals surface area contributed by atoms with Crippen molar-refractivity contribution >= 4 is 18.3 Å². The summed E-state index contributed by atoms with van der Waals surface area (Å²) in [4.78, 5) is 13.9. The summed E-state index contributed by atoms with van der Waals surface area (Å²) in [6.07, 6.45) is 7.80. The fourth-order valence-corrected chi connectivity index (χ4v) is 2.24. The summed E-state index contributed by atoms with van der Waals surface area (Å²) in [7, 11) is 0. The average molecular weight is 277 g/mol. The highest BCUT2D eigenvalue weighted by Gasteiger charge is 2.09. The van der Waals surface area contributed by atoms with Crippen LogP contribution >= 0.6 is 12.4 Å². The van der Waals surface area contributed by atoms with Gasteiger partial charge in [-0.3, -0.25) is 4.79 Å². The maximum absolute atomic E-state index is 11.3. The SMILES string of the molecule is CC(C)C(=O)NCCCCCN1CCCCC1.Cl. The Kier molecular flexibility index (Phi) is 10.5. The molecule has 0 aromatic rings. The van der Waals surface area contributed by atoms with Crippen LogP contribution in [-0.2, 0) is 4.79 Å². The molecule has 0 aromatic carbocycles. The summed E-state index contributed by atoms with van der Waals surface area (Å²) in [5.41, 5.74) is 0. The summed E-state index contributed by atoms with van der Waals surface area (Å²) in [6, 6.07) is 0. The molecule has 1 saturated heterocycles. The topological polar surface area (TPSA) is 32.3 Å². The van der Waals surface area contributed by atoms with Gasteiger partial charge in [0.2, 0.25) is 5.91 Å². The summed E-state index contributed by atoms with van der Waals surface area (Å²) in [6.45, 7) is 8.56. The molecule has 1 aliphatic heterocycles. The van der Waals surface area contributed by atoms with Gasteiger partial charge in [0, 0.05) is 12.5 Å². The van der Waals surface area contributed by atoms with Gasteiger partial charge in [0.25, 0.3) is 0 Å². The number of unbranched alkanes of at least 4 members (excludes halogenated alkanes) is 2. The van der Waals surface area contributed by atoms with Gasteiger partial charge in [-0.15, -0.1) is 12.4 Å². The highest BCUT2D eigenvalue weighted by Crippen LogP contribution is 2.09. The summed E-state index contributed by atoms with van der Waals surface area (Å²) >= 11 is 0. The van der Waals surface area contributed by atoms with E-state index in [9.17, 15) is 4.79 Å². The molecule has 0 radical (unpaired) electrons. The monoisotopic (exact) mass is 276 g/mol. The molecule has 0 atom stereocenters. The van der Waals surface area contributed by atoms with Crippen molar-refractivity contribution in [2.75, 3.05) is 26.2 Å². The number of halogens is 1. The van der Waals surface area contributed by atoms with Gasteiger partial charge >= 0.3 is 0 Å². The van der Waals surface area contributed by atoms with Crippen molar-refractivity contribution in [1.82, 2.24) is 10.2 Å². The van der Waals surface area contributed by atoms with E-state index in [1.807, 2.05) is 13.8 Å². The van der Waals surface area contributed by atoms with Crippen LogP contribution in [0.5, 0.6) is 0 Å². The van der Waals surface area contributed by atoms with Crippen LogP contribution in [-0.4, -0.2) is 37.0 Å². The van der Waals surface area contributed by atoms with Crippen molar-refractivity contribution in [3.8, 4) is 0 Å². The fourth-order valence-electron chi connectivity index (χ4n) is 2.24. The van der Waals surface area contributed by atoms with Crippen LogP contribution in [0, 0.1) is 5.92 Å². The van der Waals surface area contributed by atoms with Crippen molar-refractivity contribution in [3.63, 3.8) is 0 Å². The quantitative estimate of drug-likeness (QED) is 0.725. The smallest absolute Gasteiger partial charge is 0.222 e. The highest BCUT2D eigenvalue weighted by molar-refractivity contribution is 5.85. The van der Waals surface area contributed by atoms with Gasteiger partial charge in [-0.05, 0) is 45.3 Å². The predicted octanol–water partition coefficient (Wildman–Crippen LogP) is 2.84. The van der Waals surface area contributed by atoms with Crippen molar-refractivity contribution in [1.29, 1.82) is 0 Å². The molecule has 1 rings (SSSR count). The predicted molar refractivity (Wildman–Crippen MR) is 79.2 cm³/mol. The van der Waals surface area contributed by atoms with E-state index < -0.39 is 0 Å². The largest absolute Gasteiger partial charge is 0.356 e. The van der Waals surface area contributed by atoms with Gasteiger partial charge in [-0.1, -0.05) is 26.7 Å². The van der Waals surface area contributed by atoms with Crippen LogP contribution in [0.15, 0.2) is 0 Å². The van der Waals surface area contributed by atoms with E-state index in [1.54, 1.807) is 0 Å². The standard InChI is InChI=1S/C14H28N2O.ClH/c1-13(2)14(17)15-9-5-3-6-10-16-11-7-4-8-12-16;/h13H,3-12H2,1-2H3,(H,15,17);1H. The van der Waals surface area contributed by atoms with Crippen LogP contribution in [0.1, 0.15) is 52.4 Å². The Labute approximate surface area is 118 Å². The van der Waals surface area contributed by atoms with E-state index in [-0.39, 0.29) is 24.2 Å². The van der Waals surface area contributed by atoms with Crippen molar-refractivity contribution < 1.29 is 4.79 Å². The van der Waals surface area contributed by atoms with Crippen LogP contribution in [0.4, 0.5) is 0 Å². The molecule has 18 heavy (non-hydrogen) atoms. The number of nitrogens with zero attached hydrogens (tertiary/aromatic N) is 1. The number of likely N-dealkylation sites (tertiary alicyclic amines) is 1. The Bertz CT molecular complexity index is 216. The van der Waals surface area contributed by atoms with E-state index in [0.717, 1.165) is 13.0 Å². The molecule has 1 amide bonds. The van der Waals surface area contributed by atoms with Gasteiger partial charge in [0.15, 0.2) is 0 Å². The molecule has 1 N–H and O–H groups in total. The van der Waals surface area contributed by atoms with E-state index >= 15 is 0 Å². The summed E-state index contributed by atoms with van der Waals surface area (Å²) in [5, 5.41) is 2.97. The lowest BCUT2D eigenvalue weighted by Gasteiger charge is -2.26. The average Bonchev–Trinajstić information content (AvgIpc) is 2.34. The molecule has 108 valence electrons. The Morgan fingerprint density at radius 2 is 1.78 bits per heavy atom. The lowest BCUT2D eigenvalue weighted by atomic mass is 10.1. The molecule has 0 aliphatic carbocycles. The lowest BCUT2D eigenvalue weighted by Crippen LogP contribution is -2.31. The number of carbonyl (C=O) groups excluding carboxylic acids is 1. The molecule has 1 heterocycles. The number of rotatable bonds is 7. The van der Waals surface area contributed by atoms with E-state index in [4.69, 9.17) is 0 Å². The molecule has 0 aromatic heterocycles. The third-order valence-electron chi connectivity index (χ3n) is 3.42. The molecular weight excluding hydrogens is 248 g/mol. The Hall–Kier alpha value is -0.280. The van der Waals surface area contributed by atoms with Crippen LogP contribution in [0.25, 0.3) is 0 Å². The Morgan fingerprint density at radius 1 is 1.11 bits per heavy atom. The van der Waals surface area contributed by atoms with Gasteiger partial charge in [0.1, 0.15) is 0 Å². The third-order valence-corrected chi connectivity index (χ3v) is 3.42. The first-order valence-electron chi connectivity index (χ1n) is 7.20. The molecule has 4 heteroatoms. The molecule has 3 nitrogen and oxygen atoms in total. The molecule has 1 fully saturated rings. The Balaban J connectivity index is 0.00000289. The first kappa shape index (κ1) is 17.7. The molecule has 0 saturated carbocycles. The second-order valence-electron chi connectivity index (χ2n) is 5.41. The maximum atomic E-state index is 11.3. The van der Waals surface area contributed by atoms with Crippen LogP contribution in [0.3, 0.4) is 0 Å². The zero-order valence-electron chi connectivity index (χ0n) is 11.9. The van der Waals surface area contributed by atoms with E-state index in [1.165, 1.54) is 51.7 Å². The number of piperidine rings is 1. The first-order chi connectivity index (χ1) is 8.20. The zero-order valence-corrected chi connectivity index (χ0v) is 12.7. The number of amides is 1. The second kappa shape index (κ2) is 10.6. The van der Waals surface area contributed by atoms with E-state index in [2.05, 4.69) is 10.2 Å². The fraction of sp³-hybridized carbons (Fsp3) is 0.929. The third kappa shape index (κ3) is 7.93.